The Morgan fingerprint density at radius 2 is 1.81 bits per heavy atom. The minimum atomic E-state index is -3.54. The predicted octanol–water partition coefficient (Wildman–Crippen LogP) is 2.88. The number of anilines is 1. The standard InChI is InChI=1S/C18H22ClN3O3S/c1-13(14-7-9-15(19)10-8-14)20-12-18(23)21-16-5-4-6-17(11-16)26(24,25)22(2)3/h4-11,13,20H,12H2,1-3H3,(H,21,23)/t13-/m1/s1. The Balaban J connectivity index is 1.97. The monoisotopic (exact) mass is 395 g/mol. The fourth-order valence-corrected chi connectivity index (χ4v) is 3.34. The molecule has 26 heavy (non-hydrogen) atoms. The summed E-state index contributed by atoms with van der Waals surface area (Å²) in [6.07, 6.45) is 0. The van der Waals surface area contributed by atoms with E-state index in [0.717, 1.165) is 9.87 Å². The van der Waals surface area contributed by atoms with Crippen LogP contribution in [0.5, 0.6) is 0 Å². The first-order chi connectivity index (χ1) is 12.2. The number of carbonyl (C=O) groups is 1. The van der Waals surface area contributed by atoms with Crippen LogP contribution in [0.3, 0.4) is 0 Å². The van der Waals surface area contributed by atoms with Crippen LogP contribution in [0.25, 0.3) is 0 Å². The van der Waals surface area contributed by atoms with E-state index in [1.165, 1.54) is 26.2 Å². The fourth-order valence-electron chi connectivity index (χ4n) is 2.27. The van der Waals surface area contributed by atoms with Crippen LogP contribution in [-0.2, 0) is 14.8 Å². The average molecular weight is 396 g/mol. The molecular weight excluding hydrogens is 374 g/mol. The summed E-state index contributed by atoms with van der Waals surface area (Å²) in [4.78, 5) is 12.3. The Morgan fingerprint density at radius 3 is 2.42 bits per heavy atom. The van der Waals surface area contributed by atoms with Gasteiger partial charge in [0.25, 0.3) is 0 Å². The molecular formula is C18H22ClN3O3S. The van der Waals surface area contributed by atoms with Crippen LogP contribution < -0.4 is 10.6 Å². The van der Waals surface area contributed by atoms with Crippen LogP contribution >= 0.6 is 11.6 Å². The molecule has 6 nitrogen and oxygen atoms in total. The zero-order valence-corrected chi connectivity index (χ0v) is 16.4. The molecule has 8 heteroatoms. The van der Waals surface area contributed by atoms with E-state index in [4.69, 9.17) is 11.6 Å². The molecule has 0 fully saturated rings. The quantitative estimate of drug-likeness (QED) is 0.755. The summed E-state index contributed by atoms with van der Waals surface area (Å²) in [5.41, 5.74) is 1.44. The fraction of sp³-hybridized carbons (Fsp3) is 0.278. The first-order valence-electron chi connectivity index (χ1n) is 8.01. The maximum Gasteiger partial charge on any atom is 0.242 e. The Morgan fingerprint density at radius 1 is 1.15 bits per heavy atom. The highest BCUT2D eigenvalue weighted by Gasteiger charge is 2.17. The number of halogens is 1. The molecule has 0 spiro atoms. The number of rotatable bonds is 7. The number of sulfonamides is 1. The van der Waals surface area contributed by atoms with Crippen LogP contribution in [0, 0.1) is 0 Å². The summed E-state index contributed by atoms with van der Waals surface area (Å²) in [5, 5.41) is 6.48. The Hall–Kier alpha value is -1.93. The van der Waals surface area contributed by atoms with Gasteiger partial charge in [0.2, 0.25) is 15.9 Å². The maximum atomic E-state index is 12.2. The molecule has 0 radical (unpaired) electrons. The molecule has 1 atom stereocenters. The van der Waals surface area contributed by atoms with Crippen molar-refractivity contribution in [2.75, 3.05) is 26.0 Å². The molecule has 0 saturated carbocycles. The Labute approximate surface area is 159 Å². The Bertz CT molecular complexity index is 868. The summed E-state index contributed by atoms with van der Waals surface area (Å²) < 4.78 is 25.4. The first kappa shape index (κ1) is 20.4. The zero-order chi connectivity index (χ0) is 19.3. The Kier molecular flexibility index (Phi) is 6.77. The van der Waals surface area contributed by atoms with Crippen molar-refractivity contribution in [3.63, 3.8) is 0 Å². The number of nitrogens with one attached hydrogen (secondary N) is 2. The lowest BCUT2D eigenvalue weighted by Crippen LogP contribution is -2.30. The highest BCUT2D eigenvalue weighted by Crippen LogP contribution is 2.18. The second-order valence-corrected chi connectivity index (χ2v) is 8.61. The minimum absolute atomic E-state index is 0.0292. The topological polar surface area (TPSA) is 78.5 Å². The molecule has 0 aliphatic carbocycles. The molecule has 0 aliphatic heterocycles. The molecule has 2 rings (SSSR count). The van der Waals surface area contributed by atoms with Crippen molar-refractivity contribution in [2.45, 2.75) is 17.9 Å². The summed E-state index contributed by atoms with van der Waals surface area (Å²) in [6.45, 7) is 2.04. The number of amides is 1. The normalized spacial score (nSPS) is 12.8. The highest BCUT2D eigenvalue weighted by atomic mass is 35.5. The number of hydrogen-bond donors (Lipinski definition) is 2. The summed E-state index contributed by atoms with van der Waals surface area (Å²) in [6, 6.07) is 13.5. The molecule has 140 valence electrons. The van der Waals surface area contributed by atoms with Gasteiger partial charge in [-0.3, -0.25) is 4.79 Å². The predicted molar refractivity (Wildman–Crippen MR) is 104 cm³/mol. The molecule has 0 aliphatic rings. The largest absolute Gasteiger partial charge is 0.325 e. The van der Waals surface area contributed by atoms with Crippen molar-refractivity contribution in [3.05, 3.63) is 59.1 Å². The number of nitrogens with zero attached hydrogens (tertiary/aromatic N) is 1. The third-order valence-corrected chi connectivity index (χ3v) is 5.90. The second-order valence-electron chi connectivity index (χ2n) is 6.02. The average Bonchev–Trinajstić information content (AvgIpc) is 2.60. The van der Waals surface area contributed by atoms with Crippen LogP contribution in [0.4, 0.5) is 5.69 Å². The van der Waals surface area contributed by atoms with Crippen molar-refractivity contribution < 1.29 is 13.2 Å². The summed E-state index contributed by atoms with van der Waals surface area (Å²) >= 11 is 5.87. The molecule has 1 amide bonds. The summed E-state index contributed by atoms with van der Waals surface area (Å²) in [7, 11) is -0.623. The smallest absolute Gasteiger partial charge is 0.242 e. The van der Waals surface area contributed by atoms with E-state index in [2.05, 4.69) is 10.6 Å². The van der Waals surface area contributed by atoms with Gasteiger partial charge in [0.15, 0.2) is 0 Å². The van der Waals surface area contributed by atoms with E-state index in [1.54, 1.807) is 24.3 Å². The maximum absolute atomic E-state index is 12.2. The van der Waals surface area contributed by atoms with E-state index in [9.17, 15) is 13.2 Å². The summed E-state index contributed by atoms with van der Waals surface area (Å²) in [5.74, 6) is -0.259. The molecule has 0 aromatic heterocycles. The van der Waals surface area contributed by atoms with Gasteiger partial charge in [-0.2, -0.15) is 0 Å². The van der Waals surface area contributed by atoms with E-state index in [1.807, 2.05) is 19.1 Å². The second kappa shape index (κ2) is 8.64. The van der Waals surface area contributed by atoms with Crippen molar-refractivity contribution in [1.82, 2.24) is 9.62 Å². The lowest BCUT2D eigenvalue weighted by molar-refractivity contribution is -0.115. The lowest BCUT2D eigenvalue weighted by Gasteiger charge is -2.15. The molecule has 0 unspecified atom stereocenters. The van der Waals surface area contributed by atoms with Crippen molar-refractivity contribution in [1.29, 1.82) is 0 Å². The lowest BCUT2D eigenvalue weighted by atomic mass is 10.1. The van der Waals surface area contributed by atoms with Gasteiger partial charge in [-0.05, 0) is 42.8 Å². The van der Waals surface area contributed by atoms with E-state index in [-0.39, 0.29) is 23.4 Å². The highest BCUT2D eigenvalue weighted by molar-refractivity contribution is 7.89. The van der Waals surface area contributed by atoms with Crippen molar-refractivity contribution in [2.24, 2.45) is 0 Å². The molecule has 0 saturated heterocycles. The molecule has 2 N–H and O–H groups in total. The number of benzene rings is 2. The van der Waals surface area contributed by atoms with Gasteiger partial charge >= 0.3 is 0 Å². The van der Waals surface area contributed by atoms with E-state index >= 15 is 0 Å². The van der Waals surface area contributed by atoms with E-state index < -0.39 is 10.0 Å². The van der Waals surface area contributed by atoms with Crippen molar-refractivity contribution in [3.8, 4) is 0 Å². The van der Waals surface area contributed by atoms with Crippen LogP contribution in [0.2, 0.25) is 5.02 Å². The van der Waals surface area contributed by atoms with Gasteiger partial charge in [0.05, 0.1) is 11.4 Å². The van der Waals surface area contributed by atoms with Gasteiger partial charge in [-0.25, -0.2) is 12.7 Å². The number of hydrogen-bond acceptors (Lipinski definition) is 4. The van der Waals surface area contributed by atoms with E-state index in [0.29, 0.717) is 10.7 Å². The van der Waals surface area contributed by atoms with Gasteiger partial charge in [0, 0.05) is 30.8 Å². The minimum Gasteiger partial charge on any atom is -0.325 e. The number of carbonyl (C=O) groups excluding carboxylic acids is 1. The molecule has 0 heterocycles. The van der Waals surface area contributed by atoms with Gasteiger partial charge in [0.1, 0.15) is 0 Å². The van der Waals surface area contributed by atoms with Crippen LogP contribution in [-0.4, -0.2) is 39.3 Å². The SMILES string of the molecule is C[C@@H](NCC(=O)Nc1cccc(S(=O)(=O)N(C)C)c1)c1ccc(Cl)cc1. The molecule has 0 bridgehead atoms. The third kappa shape index (κ3) is 5.28. The zero-order valence-electron chi connectivity index (χ0n) is 14.9. The van der Waals surface area contributed by atoms with Crippen molar-refractivity contribution >= 4 is 33.2 Å². The van der Waals surface area contributed by atoms with Crippen LogP contribution in [0.15, 0.2) is 53.4 Å². The van der Waals surface area contributed by atoms with Gasteiger partial charge in [-0.15, -0.1) is 0 Å². The van der Waals surface area contributed by atoms with Gasteiger partial charge in [-0.1, -0.05) is 29.8 Å². The molecule has 2 aromatic carbocycles. The van der Waals surface area contributed by atoms with Crippen LogP contribution in [0.1, 0.15) is 18.5 Å². The third-order valence-electron chi connectivity index (χ3n) is 3.84. The first-order valence-corrected chi connectivity index (χ1v) is 9.83. The molecule has 2 aromatic rings. The van der Waals surface area contributed by atoms with Gasteiger partial charge < -0.3 is 10.6 Å².